The molecule has 2 heterocycles. The van der Waals surface area contributed by atoms with E-state index in [-0.39, 0.29) is 5.54 Å². The Bertz CT molecular complexity index is 508. The number of rotatable bonds is 4. The highest BCUT2D eigenvalue weighted by molar-refractivity contribution is 7.16. The van der Waals surface area contributed by atoms with Crippen LogP contribution in [0.4, 0.5) is 0 Å². The predicted octanol–water partition coefficient (Wildman–Crippen LogP) is 4.14. The van der Waals surface area contributed by atoms with E-state index in [1.165, 1.54) is 10.4 Å². The number of hydrogen-bond acceptors (Lipinski definition) is 2. The molecule has 0 amide bonds. The molecule has 0 atom stereocenters. The lowest BCUT2D eigenvalue weighted by atomic mass is 10.1. The summed E-state index contributed by atoms with van der Waals surface area (Å²) < 4.78 is 3.05. The number of aromatic nitrogens is 1. The van der Waals surface area contributed by atoms with Gasteiger partial charge in [-0.25, -0.2) is 0 Å². The van der Waals surface area contributed by atoms with Crippen LogP contribution in [0.3, 0.4) is 0 Å². The van der Waals surface area contributed by atoms with Crippen molar-refractivity contribution in [2.24, 2.45) is 0 Å². The Morgan fingerprint density at radius 1 is 1.28 bits per heavy atom. The average molecular weight is 283 g/mol. The zero-order chi connectivity index (χ0) is 13.2. The summed E-state index contributed by atoms with van der Waals surface area (Å²) in [4.78, 5) is 1.28. The van der Waals surface area contributed by atoms with Gasteiger partial charge >= 0.3 is 0 Å². The Morgan fingerprint density at radius 2 is 2.06 bits per heavy atom. The van der Waals surface area contributed by atoms with Crippen LogP contribution in [-0.4, -0.2) is 10.1 Å². The SMILES string of the molecule is CC(C)(C)NCc1ccn(Cc2ccc(Cl)s2)c1. The van der Waals surface area contributed by atoms with Crippen LogP contribution in [0.15, 0.2) is 30.6 Å². The van der Waals surface area contributed by atoms with Gasteiger partial charge in [0.25, 0.3) is 0 Å². The molecule has 2 rings (SSSR count). The van der Waals surface area contributed by atoms with Gasteiger partial charge in [-0.2, -0.15) is 0 Å². The van der Waals surface area contributed by atoms with Crippen molar-refractivity contribution in [3.63, 3.8) is 0 Å². The van der Waals surface area contributed by atoms with Gasteiger partial charge in [0.1, 0.15) is 0 Å². The van der Waals surface area contributed by atoms with Gasteiger partial charge in [0, 0.05) is 29.4 Å². The largest absolute Gasteiger partial charge is 0.349 e. The fraction of sp³-hybridized carbons (Fsp3) is 0.429. The molecule has 0 bridgehead atoms. The van der Waals surface area contributed by atoms with Gasteiger partial charge in [-0.1, -0.05) is 11.6 Å². The Labute approximate surface area is 118 Å². The van der Waals surface area contributed by atoms with Crippen molar-refractivity contribution < 1.29 is 0 Å². The van der Waals surface area contributed by atoms with E-state index < -0.39 is 0 Å². The van der Waals surface area contributed by atoms with Gasteiger partial charge in [0.2, 0.25) is 0 Å². The standard InChI is InChI=1S/C14H19ClN2S/c1-14(2,3)16-8-11-6-7-17(9-11)10-12-4-5-13(15)18-12/h4-7,9,16H,8,10H2,1-3H3. The maximum atomic E-state index is 5.93. The lowest BCUT2D eigenvalue weighted by Crippen LogP contribution is -2.34. The van der Waals surface area contributed by atoms with E-state index in [0.29, 0.717) is 0 Å². The first-order chi connectivity index (χ1) is 8.42. The van der Waals surface area contributed by atoms with E-state index in [1.807, 2.05) is 6.07 Å². The number of nitrogens with one attached hydrogen (secondary N) is 1. The highest BCUT2D eigenvalue weighted by atomic mass is 35.5. The molecule has 2 aromatic heterocycles. The van der Waals surface area contributed by atoms with Crippen molar-refractivity contribution in [1.82, 2.24) is 9.88 Å². The first-order valence-electron chi connectivity index (χ1n) is 6.06. The Morgan fingerprint density at radius 3 is 2.67 bits per heavy atom. The van der Waals surface area contributed by atoms with Crippen LogP contribution in [0, 0.1) is 0 Å². The monoisotopic (exact) mass is 282 g/mol. The summed E-state index contributed by atoms with van der Waals surface area (Å²) in [6.45, 7) is 8.33. The molecule has 0 aliphatic carbocycles. The van der Waals surface area contributed by atoms with E-state index >= 15 is 0 Å². The molecule has 18 heavy (non-hydrogen) atoms. The third-order valence-electron chi connectivity index (χ3n) is 2.60. The molecule has 0 unspecified atom stereocenters. The molecule has 0 saturated carbocycles. The summed E-state index contributed by atoms with van der Waals surface area (Å²) in [6.07, 6.45) is 4.31. The van der Waals surface area contributed by atoms with Crippen molar-refractivity contribution in [3.05, 3.63) is 45.4 Å². The summed E-state index contributed by atoms with van der Waals surface area (Å²) >= 11 is 7.57. The summed E-state index contributed by atoms with van der Waals surface area (Å²) in [5.74, 6) is 0. The first kappa shape index (κ1) is 13.7. The van der Waals surface area contributed by atoms with E-state index in [1.54, 1.807) is 11.3 Å². The second-order valence-electron chi connectivity index (χ2n) is 5.50. The Kier molecular flexibility index (Phi) is 4.15. The molecule has 0 aliphatic rings. The molecule has 98 valence electrons. The zero-order valence-corrected chi connectivity index (χ0v) is 12.6. The van der Waals surface area contributed by atoms with Crippen molar-refractivity contribution in [3.8, 4) is 0 Å². The maximum absolute atomic E-state index is 5.93. The Hall–Kier alpha value is -0.770. The second kappa shape index (κ2) is 5.47. The fourth-order valence-electron chi connectivity index (χ4n) is 1.68. The molecular weight excluding hydrogens is 264 g/mol. The van der Waals surface area contributed by atoms with Crippen molar-refractivity contribution >= 4 is 22.9 Å². The number of thiophene rings is 1. The van der Waals surface area contributed by atoms with Crippen LogP contribution in [0.5, 0.6) is 0 Å². The van der Waals surface area contributed by atoms with E-state index in [9.17, 15) is 0 Å². The lowest BCUT2D eigenvalue weighted by molar-refractivity contribution is 0.424. The van der Waals surface area contributed by atoms with E-state index in [2.05, 4.69) is 55.2 Å². The minimum Gasteiger partial charge on any atom is -0.349 e. The molecule has 2 aromatic rings. The van der Waals surface area contributed by atoms with Gasteiger partial charge in [-0.3, -0.25) is 0 Å². The molecule has 0 aliphatic heterocycles. The topological polar surface area (TPSA) is 17.0 Å². The van der Waals surface area contributed by atoms with Gasteiger partial charge in [-0.15, -0.1) is 11.3 Å². The average Bonchev–Trinajstić information content (AvgIpc) is 2.85. The van der Waals surface area contributed by atoms with Crippen molar-refractivity contribution in [2.45, 2.75) is 39.4 Å². The first-order valence-corrected chi connectivity index (χ1v) is 7.26. The minimum absolute atomic E-state index is 0.156. The molecule has 4 heteroatoms. The van der Waals surface area contributed by atoms with E-state index in [0.717, 1.165) is 17.4 Å². The number of halogens is 1. The van der Waals surface area contributed by atoms with Crippen LogP contribution in [-0.2, 0) is 13.1 Å². The van der Waals surface area contributed by atoms with Crippen LogP contribution < -0.4 is 5.32 Å². The van der Waals surface area contributed by atoms with Gasteiger partial charge in [0.05, 0.1) is 10.9 Å². The highest BCUT2D eigenvalue weighted by Gasteiger charge is 2.08. The van der Waals surface area contributed by atoms with E-state index in [4.69, 9.17) is 11.6 Å². The second-order valence-corrected chi connectivity index (χ2v) is 7.30. The molecular formula is C14H19ClN2S. The predicted molar refractivity (Wildman–Crippen MR) is 79.5 cm³/mol. The summed E-state index contributed by atoms with van der Waals surface area (Å²) in [5, 5.41) is 3.49. The Balaban J connectivity index is 1.94. The molecule has 2 nitrogen and oxygen atoms in total. The molecule has 0 spiro atoms. The van der Waals surface area contributed by atoms with Crippen LogP contribution >= 0.6 is 22.9 Å². The zero-order valence-electron chi connectivity index (χ0n) is 11.0. The number of hydrogen-bond donors (Lipinski definition) is 1. The summed E-state index contributed by atoms with van der Waals surface area (Å²) in [6, 6.07) is 6.20. The van der Waals surface area contributed by atoms with Gasteiger partial charge in [0.15, 0.2) is 0 Å². The van der Waals surface area contributed by atoms with Crippen LogP contribution in [0.25, 0.3) is 0 Å². The molecule has 0 radical (unpaired) electrons. The third-order valence-corrected chi connectivity index (χ3v) is 3.82. The third kappa shape index (κ3) is 4.16. The molecule has 0 aromatic carbocycles. The quantitative estimate of drug-likeness (QED) is 0.892. The molecule has 0 saturated heterocycles. The lowest BCUT2D eigenvalue weighted by Gasteiger charge is -2.19. The minimum atomic E-state index is 0.156. The summed E-state index contributed by atoms with van der Waals surface area (Å²) in [7, 11) is 0. The molecule has 0 fully saturated rings. The normalized spacial score (nSPS) is 12.0. The fourth-order valence-corrected chi connectivity index (χ4v) is 2.77. The maximum Gasteiger partial charge on any atom is 0.0931 e. The van der Waals surface area contributed by atoms with Crippen molar-refractivity contribution in [1.29, 1.82) is 0 Å². The summed E-state index contributed by atoms with van der Waals surface area (Å²) in [5.41, 5.74) is 1.47. The van der Waals surface area contributed by atoms with Crippen molar-refractivity contribution in [2.75, 3.05) is 0 Å². The van der Waals surface area contributed by atoms with Crippen LogP contribution in [0.2, 0.25) is 4.34 Å². The smallest absolute Gasteiger partial charge is 0.0931 e. The van der Waals surface area contributed by atoms with Gasteiger partial charge < -0.3 is 9.88 Å². The number of nitrogens with zero attached hydrogens (tertiary/aromatic N) is 1. The van der Waals surface area contributed by atoms with Crippen LogP contribution in [0.1, 0.15) is 31.2 Å². The highest BCUT2D eigenvalue weighted by Crippen LogP contribution is 2.22. The molecule has 1 N–H and O–H groups in total. The van der Waals surface area contributed by atoms with Gasteiger partial charge in [-0.05, 0) is 44.5 Å².